The molecule has 1 aliphatic rings. The van der Waals surface area contributed by atoms with Gasteiger partial charge >= 0.3 is 0 Å². The SMILES string of the molecule is CCc1nccn1CCNC(=O)c1scc2c1CCCC2. The monoisotopic (exact) mass is 303 g/mol. The number of nitrogens with zero attached hydrogens (tertiary/aromatic N) is 2. The Labute approximate surface area is 129 Å². The molecule has 0 aliphatic heterocycles. The predicted octanol–water partition coefficient (Wildman–Crippen LogP) is 2.82. The predicted molar refractivity (Wildman–Crippen MR) is 84.9 cm³/mol. The zero-order chi connectivity index (χ0) is 14.7. The fourth-order valence-corrected chi connectivity index (χ4v) is 4.01. The number of nitrogens with one attached hydrogen (secondary N) is 1. The fourth-order valence-electron chi connectivity index (χ4n) is 2.94. The molecule has 0 unspecified atom stereocenters. The number of carbonyl (C=O) groups is 1. The first-order valence-electron chi connectivity index (χ1n) is 7.67. The molecule has 5 heteroatoms. The van der Waals surface area contributed by atoms with Gasteiger partial charge in [0.05, 0.1) is 4.88 Å². The van der Waals surface area contributed by atoms with E-state index < -0.39 is 0 Å². The van der Waals surface area contributed by atoms with Gasteiger partial charge in [-0.2, -0.15) is 0 Å². The smallest absolute Gasteiger partial charge is 0.261 e. The number of aryl methyl sites for hydroxylation is 2. The number of carbonyl (C=O) groups excluding carboxylic acids is 1. The molecule has 1 aliphatic carbocycles. The Kier molecular flexibility index (Phi) is 4.39. The van der Waals surface area contributed by atoms with Gasteiger partial charge in [0.2, 0.25) is 0 Å². The summed E-state index contributed by atoms with van der Waals surface area (Å²) in [6, 6.07) is 0. The molecular weight excluding hydrogens is 282 g/mol. The highest BCUT2D eigenvalue weighted by atomic mass is 32.1. The number of hydrogen-bond donors (Lipinski definition) is 1. The van der Waals surface area contributed by atoms with Gasteiger partial charge in [0, 0.05) is 31.9 Å². The summed E-state index contributed by atoms with van der Waals surface area (Å²) in [6.07, 6.45) is 9.36. The molecule has 2 heterocycles. The van der Waals surface area contributed by atoms with Gasteiger partial charge in [-0.15, -0.1) is 11.3 Å². The van der Waals surface area contributed by atoms with Crippen LogP contribution in [0, 0.1) is 0 Å². The Hall–Kier alpha value is -1.62. The van der Waals surface area contributed by atoms with Crippen LogP contribution < -0.4 is 5.32 Å². The number of imidazole rings is 1. The van der Waals surface area contributed by atoms with Crippen molar-refractivity contribution in [2.45, 2.75) is 45.6 Å². The lowest BCUT2D eigenvalue weighted by molar-refractivity contribution is 0.0955. The molecule has 0 saturated carbocycles. The number of fused-ring (bicyclic) bond motifs is 1. The van der Waals surface area contributed by atoms with E-state index in [0.29, 0.717) is 6.54 Å². The Morgan fingerprint density at radius 3 is 3.14 bits per heavy atom. The summed E-state index contributed by atoms with van der Waals surface area (Å²) in [6.45, 7) is 3.52. The van der Waals surface area contributed by atoms with Gasteiger partial charge in [0.25, 0.3) is 5.91 Å². The molecule has 1 N–H and O–H groups in total. The quantitative estimate of drug-likeness (QED) is 0.923. The van der Waals surface area contributed by atoms with Crippen LogP contribution >= 0.6 is 11.3 Å². The van der Waals surface area contributed by atoms with Crippen LogP contribution in [0.15, 0.2) is 17.8 Å². The summed E-state index contributed by atoms with van der Waals surface area (Å²) in [4.78, 5) is 17.5. The highest BCUT2D eigenvalue weighted by Gasteiger charge is 2.19. The molecule has 4 nitrogen and oxygen atoms in total. The second-order valence-corrected chi connectivity index (χ2v) is 6.30. The second-order valence-electron chi connectivity index (χ2n) is 5.42. The van der Waals surface area contributed by atoms with Crippen molar-refractivity contribution in [3.63, 3.8) is 0 Å². The minimum absolute atomic E-state index is 0.0845. The number of aromatic nitrogens is 2. The lowest BCUT2D eigenvalue weighted by atomic mass is 9.94. The van der Waals surface area contributed by atoms with E-state index in [2.05, 4.69) is 27.2 Å². The van der Waals surface area contributed by atoms with Crippen LogP contribution in [0.1, 0.15) is 46.4 Å². The average molecular weight is 303 g/mol. The van der Waals surface area contributed by atoms with Crippen molar-refractivity contribution in [3.8, 4) is 0 Å². The first kappa shape index (κ1) is 14.3. The third-order valence-corrected chi connectivity index (χ3v) is 5.14. The van der Waals surface area contributed by atoms with Crippen molar-refractivity contribution in [3.05, 3.63) is 39.6 Å². The van der Waals surface area contributed by atoms with Crippen molar-refractivity contribution >= 4 is 17.2 Å². The van der Waals surface area contributed by atoms with E-state index in [9.17, 15) is 4.79 Å². The van der Waals surface area contributed by atoms with Gasteiger partial charge in [-0.25, -0.2) is 4.98 Å². The van der Waals surface area contributed by atoms with Crippen molar-refractivity contribution < 1.29 is 4.79 Å². The van der Waals surface area contributed by atoms with Crippen LogP contribution in [-0.2, 0) is 25.8 Å². The molecule has 0 aromatic carbocycles. The van der Waals surface area contributed by atoms with E-state index in [1.165, 1.54) is 24.0 Å². The molecule has 0 radical (unpaired) electrons. The Balaban J connectivity index is 1.58. The zero-order valence-electron chi connectivity index (χ0n) is 12.4. The van der Waals surface area contributed by atoms with Crippen molar-refractivity contribution in [2.24, 2.45) is 0 Å². The molecule has 0 saturated heterocycles. The largest absolute Gasteiger partial charge is 0.350 e. The topological polar surface area (TPSA) is 46.9 Å². The second kappa shape index (κ2) is 6.43. The number of hydrogen-bond acceptors (Lipinski definition) is 3. The first-order chi connectivity index (χ1) is 10.3. The number of thiophene rings is 1. The van der Waals surface area contributed by atoms with Gasteiger partial charge in [-0.1, -0.05) is 6.92 Å². The van der Waals surface area contributed by atoms with Crippen LogP contribution in [0.25, 0.3) is 0 Å². The van der Waals surface area contributed by atoms with Crippen LogP contribution in [0.3, 0.4) is 0 Å². The van der Waals surface area contributed by atoms with E-state index in [-0.39, 0.29) is 5.91 Å². The van der Waals surface area contributed by atoms with Gasteiger partial charge < -0.3 is 9.88 Å². The molecule has 0 spiro atoms. The van der Waals surface area contributed by atoms with Crippen LogP contribution in [-0.4, -0.2) is 22.0 Å². The summed E-state index contributed by atoms with van der Waals surface area (Å²) in [5, 5.41) is 5.21. The molecule has 0 bridgehead atoms. The third kappa shape index (κ3) is 3.02. The minimum Gasteiger partial charge on any atom is -0.350 e. The van der Waals surface area contributed by atoms with E-state index >= 15 is 0 Å². The Bertz CT molecular complexity index is 629. The molecule has 2 aromatic heterocycles. The maximum atomic E-state index is 12.3. The third-order valence-electron chi connectivity index (χ3n) is 4.07. The maximum Gasteiger partial charge on any atom is 0.261 e. The van der Waals surface area contributed by atoms with E-state index in [4.69, 9.17) is 0 Å². The summed E-state index contributed by atoms with van der Waals surface area (Å²) in [5.41, 5.74) is 2.68. The Morgan fingerprint density at radius 1 is 1.43 bits per heavy atom. The van der Waals surface area contributed by atoms with Gasteiger partial charge in [-0.3, -0.25) is 4.79 Å². The summed E-state index contributed by atoms with van der Waals surface area (Å²) < 4.78 is 2.10. The molecule has 0 fully saturated rings. The first-order valence-corrected chi connectivity index (χ1v) is 8.55. The average Bonchev–Trinajstić information content (AvgIpc) is 3.13. The molecular formula is C16H21N3OS. The molecule has 0 atom stereocenters. The number of amides is 1. The molecule has 3 rings (SSSR count). The maximum absolute atomic E-state index is 12.3. The van der Waals surface area contributed by atoms with Crippen molar-refractivity contribution in [1.29, 1.82) is 0 Å². The summed E-state index contributed by atoms with van der Waals surface area (Å²) >= 11 is 1.60. The highest BCUT2D eigenvalue weighted by Crippen LogP contribution is 2.29. The van der Waals surface area contributed by atoms with Gasteiger partial charge in [-0.05, 0) is 42.2 Å². The van der Waals surface area contributed by atoms with Crippen LogP contribution in [0.4, 0.5) is 0 Å². The van der Waals surface area contributed by atoms with Crippen molar-refractivity contribution in [1.82, 2.24) is 14.9 Å². The Morgan fingerprint density at radius 2 is 2.29 bits per heavy atom. The van der Waals surface area contributed by atoms with E-state index in [1.807, 2.05) is 12.4 Å². The van der Waals surface area contributed by atoms with Gasteiger partial charge in [0.1, 0.15) is 5.82 Å². The normalized spacial score (nSPS) is 14.0. The minimum atomic E-state index is 0.0845. The lowest BCUT2D eigenvalue weighted by Gasteiger charge is -2.13. The molecule has 21 heavy (non-hydrogen) atoms. The fraction of sp³-hybridized carbons (Fsp3) is 0.500. The summed E-state index contributed by atoms with van der Waals surface area (Å²) in [5.74, 6) is 1.15. The lowest BCUT2D eigenvalue weighted by Crippen LogP contribution is -2.27. The van der Waals surface area contributed by atoms with E-state index in [1.54, 1.807) is 11.3 Å². The van der Waals surface area contributed by atoms with E-state index in [0.717, 1.165) is 36.5 Å². The van der Waals surface area contributed by atoms with Crippen LogP contribution in [0.2, 0.25) is 0 Å². The highest BCUT2D eigenvalue weighted by molar-refractivity contribution is 7.12. The molecule has 1 amide bonds. The summed E-state index contributed by atoms with van der Waals surface area (Å²) in [7, 11) is 0. The van der Waals surface area contributed by atoms with Crippen molar-refractivity contribution in [2.75, 3.05) is 6.54 Å². The van der Waals surface area contributed by atoms with Gasteiger partial charge in [0.15, 0.2) is 0 Å². The molecule has 112 valence electrons. The number of rotatable bonds is 5. The zero-order valence-corrected chi connectivity index (χ0v) is 13.2. The van der Waals surface area contributed by atoms with Crippen LogP contribution in [0.5, 0.6) is 0 Å². The molecule has 2 aromatic rings. The standard InChI is InChI=1S/C16H21N3OS/c1-2-14-17-7-9-19(14)10-8-18-16(20)15-13-6-4-3-5-12(13)11-21-15/h7,9,11H,2-6,8,10H2,1H3,(H,18,20).